The zero-order valence-electron chi connectivity index (χ0n) is 13.6. The number of fused-ring (bicyclic) bond motifs is 1. The smallest absolute Gasteiger partial charge is 1.00 e. The van der Waals surface area contributed by atoms with Crippen molar-refractivity contribution in [1.82, 2.24) is 0 Å². The van der Waals surface area contributed by atoms with Crippen molar-refractivity contribution in [2.45, 2.75) is 13.1 Å². The molecule has 24 heavy (non-hydrogen) atoms. The molecule has 6 heteroatoms. The van der Waals surface area contributed by atoms with Crippen LogP contribution in [0.25, 0.3) is 16.5 Å². The van der Waals surface area contributed by atoms with Crippen LogP contribution in [-0.2, 0) is 26.2 Å². The Morgan fingerprint density at radius 1 is 0.917 bits per heavy atom. The zero-order chi connectivity index (χ0) is 15.5. The summed E-state index contributed by atoms with van der Waals surface area (Å²) in [6.45, 7) is 4.31. The summed E-state index contributed by atoms with van der Waals surface area (Å²) in [5.41, 5.74) is 7.12. The fraction of sp³-hybridized carbons (Fsp3) is 0.111. The van der Waals surface area contributed by atoms with Gasteiger partial charge in [-0.15, -0.1) is 29.7 Å². The molecule has 0 atom stereocenters. The Kier molecular flexibility index (Phi) is 19.9. The van der Waals surface area contributed by atoms with Gasteiger partial charge in [-0.3, -0.25) is 0 Å². The van der Waals surface area contributed by atoms with Crippen molar-refractivity contribution in [1.29, 1.82) is 0 Å². The molecule has 0 unspecified atom stereocenters. The fourth-order valence-electron chi connectivity index (χ4n) is 1.66. The van der Waals surface area contributed by atoms with Crippen LogP contribution in [0, 0.1) is 0 Å². The Morgan fingerprint density at radius 2 is 1.42 bits per heavy atom. The van der Waals surface area contributed by atoms with Gasteiger partial charge in [-0.05, 0) is 5.56 Å². The number of carbonyl (C=O) groups is 1. The predicted molar refractivity (Wildman–Crippen MR) is 92.1 cm³/mol. The van der Waals surface area contributed by atoms with Crippen molar-refractivity contribution >= 4 is 26.2 Å². The number of rotatable bonds is 1. The second kappa shape index (κ2) is 17.0. The van der Waals surface area contributed by atoms with Crippen LogP contribution in [0.15, 0.2) is 72.8 Å². The first-order valence-corrected chi connectivity index (χ1v) is 8.69. The van der Waals surface area contributed by atoms with Gasteiger partial charge in [0.1, 0.15) is 0 Å². The van der Waals surface area contributed by atoms with Crippen LogP contribution >= 0.6 is 0 Å². The van der Waals surface area contributed by atoms with E-state index in [-0.39, 0.29) is 51.0 Å². The van der Waals surface area contributed by atoms with E-state index in [1.165, 1.54) is 10.8 Å². The summed E-state index contributed by atoms with van der Waals surface area (Å²) in [5.74, 6) is -0.629. The molecule has 1 amide bonds. The Bertz CT molecular complexity index is 632. The van der Waals surface area contributed by atoms with E-state index >= 15 is 0 Å². The largest absolute Gasteiger partial charge is 4.00 e. The van der Waals surface area contributed by atoms with Crippen LogP contribution in [0.4, 0.5) is 0 Å². The standard InChI is InChI=1S/C9H7.C7H7NO.C2H6Si.2ClH.Zr/c1-2-5-9-7-3-6-8(9)4-1;8-7(9)6-4-2-1-3-5-6;1-3-2;;;/h1-7H;1-5H,(H2,8,9);1-2H3;2*1H;/q-1;;;;;+4/p-3. The Hall–Kier alpha value is -0.800. The summed E-state index contributed by atoms with van der Waals surface area (Å²) < 4.78 is 0. The molecule has 0 bridgehead atoms. The second-order valence-corrected chi connectivity index (χ2v) is 5.35. The fourth-order valence-corrected chi connectivity index (χ4v) is 1.66. The number of carbonyl (C=O) groups excluding carboxylic acids is 1. The van der Waals surface area contributed by atoms with Crippen molar-refractivity contribution in [3.05, 3.63) is 84.1 Å². The van der Waals surface area contributed by atoms with Crippen LogP contribution in [0.1, 0.15) is 10.4 Å². The molecule has 0 aromatic heterocycles. The monoisotopic (exact) mass is 453 g/mol. The number of halogens is 2. The SMILES string of the molecule is C[Si]C.[Cl-].[Cl-].[NH-]C(=O)c1ccccc1.[Zr+4].c1ccc2[cH-]ccc2c1. The number of nitrogens with one attached hydrogen (secondary N) is 1. The molecule has 0 saturated carbocycles. The van der Waals surface area contributed by atoms with Gasteiger partial charge in [-0.1, -0.05) is 49.5 Å². The number of amides is 1. The van der Waals surface area contributed by atoms with Crippen LogP contribution in [0.5, 0.6) is 0 Å². The molecular formula is C18H19Cl2NOSiZr. The molecule has 0 aliphatic carbocycles. The minimum absolute atomic E-state index is 0. The van der Waals surface area contributed by atoms with Gasteiger partial charge in [-0.25, -0.2) is 0 Å². The molecule has 2 nitrogen and oxygen atoms in total. The third kappa shape index (κ3) is 10.9. The molecule has 2 radical (unpaired) electrons. The molecule has 0 aliphatic rings. The van der Waals surface area contributed by atoms with E-state index in [9.17, 15) is 4.79 Å². The van der Waals surface area contributed by atoms with Crippen molar-refractivity contribution in [3.8, 4) is 0 Å². The molecule has 0 saturated heterocycles. The third-order valence-corrected chi connectivity index (χ3v) is 2.58. The molecule has 3 aromatic carbocycles. The molecule has 1 N–H and O–H groups in total. The third-order valence-electron chi connectivity index (χ3n) is 2.58. The quantitative estimate of drug-likeness (QED) is 0.351. The van der Waals surface area contributed by atoms with E-state index < -0.39 is 5.91 Å². The van der Waals surface area contributed by atoms with E-state index in [0.29, 0.717) is 5.56 Å². The first-order chi connectivity index (χ1) is 10.2. The van der Waals surface area contributed by atoms with Crippen LogP contribution < -0.4 is 24.8 Å². The number of hydrogen-bond donors (Lipinski definition) is 0. The molecule has 0 spiro atoms. The van der Waals surface area contributed by atoms with Gasteiger partial charge in [0.25, 0.3) is 0 Å². The van der Waals surface area contributed by atoms with E-state index in [1.54, 1.807) is 24.3 Å². The summed E-state index contributed by atoms with van der Waals surface area (Å²) in [7, 11) is 1.08. The topological polar surface area (TPSA) is 40.9 Å². The maximum atomic E-state index is 10.3. The first-order valence-electron chi connectivity index (χ1n) is 6.69. The van der Waals surface area contributed by atoms with Gasteiger partial charge in [0.05, 0.1) is 5.91 Å². The zero-order valence-corrected chi connectivity index (χ0v) is 18.6. The molecular weight excluding hydrogens is 436 g/mol. The van der Waals surface area contributed by atoms with Gasteiger partial charge in [-0.2, -0.15) is 17.5 Å². The predicted octanol–water partition coefficient (Wildman–Crippen LogP) is -0.770. The van der Waals surface area contributed by atoms with Gasteiger partial charge in [0, 0.05) is 9.52 Å². The maximum absolute atomic E-state index is 10.3. The molecule has 0 heterocycles. The minimum Gasteiger partial charge on any atom is -1.00 e. The number of benzene rings is 2. The molecule has 0 fully saturated rings. The normalized spacial score (nSPS) is 7.92. The summed E-state index contributed by atoms with van der Waals surface area (Å²) in [5, 5.41) is 2.66. The molecule has 0 aliphatic heterocycles. The Morgan fingerprint density at radius 3 is 1.88 bits per heavy atom. The maximum Gasteiger partial charge on any atom is 4.00 e. The van der Waals surface area contributed by atoms with Crippen LogP contribution in [0.2, 0.25) is 13.1 Å². The van der Waals surface area contributed by atoms with E-state index in [4.69, 9.17) is 5.73 Å². The Labute approximate surface area is 178 Å². The van der Waals surface area contributed by atoms with Crippen molar-refractivity contribution in [3.63, 3.8) is 0 Å². The van der Waals surface area contributed by atoms with E-state index in [2.05, 4.69) is 55.6 Å². The Balaban J connectivity index is -0.000000286. The van der Waals surface area contributed by atoms with Crippen LogP contribution in [-0.4, -0.2) is 15.4 Å². The van der Waals surface area contributed by atoms with Gasteiger partial charge in [0.2, 0.25) is 0 Å². The van der Waals surface area contributed by atoms with Crippen molar-refractivity contribution in [2.24, 2.45) is 0 Å². The second-order valence-electron chi connectivity index (χ2n) is 4.35. The molecule has 3 rings (SSSR count). The average Bonchev–Trinajstić information content (AvgIpc) is 2.98. The van der Waals surface area contributed by atoms with Gasteiger partial charge < -0.3 is 35.3 Å². The number of hydrogen-bond acceptors (Lipinski definition) is 1. The van der Waals surface area contributed by atoms with E-state index in [1.807, 2.05) is 6.07 Å². The summed E-state index contributed by atoms with van der Waals surface area (Å²) >= 11 is 0. The van der Waals surface area contributed by atoms with Crippen molar-refractivity contribution < 1.29 is 55.8 Å². The molecule has 124 valence electrons. The van der Waals surface area contributed by atoms with Gasteiger partial charge in [0.15, 0.2) is 0 Å². The summed E-state index contributed by atoms with van der Waals surface area (Å²) in [6, 6.07) is 23.2. The van der Waals surface area contributed by atoms with Crippen LogP contribution in [0.3, 0.4) is 0 Å². The van der Waals surface area contributed by atoms with E-state index in [0.717, 1.165) is 9.52 Å². The minimum atomic E-state index is -0.629. The summed E-state index contributed by atoms with van der Waals surface area (Å²) in [4.78, 5) is 10.3. The van der Waals surface area contributed by atoms with Gasteiger partial charge >= 0.3 is 26.2 Å². The summed E-state index contributed by atoms with van der Waals surface area (Å²) in [6.07, 6.45) is 0. The van der Waals surface area contributed by atoms with Crippen molar-refractivity contribution in [2.75, 3.05) is 0 Å². The average molecular weight is 456 g/mol. The first kappa shape index (κ1) is 28.0. The molecule has 3 aromatic rings.